The molecule has 0 aliphatic carbocycles. The lowest BCUT2D eigenvalue weighted by Gasteiger charge is -2.30. The van der Waals surface area contributed by atoms with E-state index in [1.165, 1.54) is 0 Å². The van der Waals surface area contributed by atoms with Crippen LogP contribution in [0.2, 0.25) is 20.5 Å². The molecule has 4 aromatic rings. The van der Waals surface area contributed by atoms with E-state index >= 15 is 0 Å². The van der Waals surface area contributed by atoms with Gasteiger partial charge in [-0.1, -0.05) is 154 Å². The number of ether oxygens (including phenoxy) is 11. The lowest BCUT2D eigenvalue weighted by atomic mass is 9.86. The molecule has 0 spiro atoms. The SMILES string of the molecule is CB(O)N[C@@H](CCCCN)C(=O)OC1COC(c2ccccc2)OC1.CB(O)N[C@@H](CCCCN/C(C)=C\O)C(=O)OC1COC(c2ccccc2)OC1.CC(C)(C)OC(=O)N[C@@H](CCCCNC(=O)OCc1ccccc1)C(=O)O.CCCCC[C@H](NB(C)O)C(=O)OC1COC(c2ccccc2)OC1.Cl. The van der Waals surface area contributed by atoms with Gasteiger partial charge in [-0.25, -0.2) is 14.4 Å². The molecule has 3 aliphatic heterocycles. The molecule has 107 heavy (non-hydrogen) atoms. The first-order chi connectivity index (χ1) is 50.9. The van der Waals surface area contributed by atoms with Crippen LogP contribution in [-0.2, 0) is 77.9 Å². The molecule has 4 atom stereocenters. The fraction of sp³-hybridized carbons (Fsp3) is 0.568. The van der Waals surface area contributed by atoms with Crippen molar-refractivity contribution in [3.63, 3.8) is 0 Å². The number of aliphatic hydroxyl groups excluding tert-OH is 1. The number of esters is 3. The van der Waals surface area contributed by atoms with E-state index < -0.39 is 118 Å². The van der Waals surface area contributed by atoms with E-state index in [2.05, 4.69) is 38.6 Å². The number of benzene rings is 4. The Morgan fingerprint density at radius 3 is 1.18 bits per heavy atom. The van der Waals surface area contributed by atoms with E-state index in [4.69, 9.17) is 62.9 Å². The molecule has 594 valence electrons. The maximum absolute atomic E-state index is 12.6. The average molecular weight is 1520 g/mol. The number of nitrogens with one attached hydrogen (secondary N) is 6. The molecular weight excluding hydrogens is 1410 g/mol. The van der Waals surface area contributed by atoms with E-state index in [1.807, 2.05) is 121 Å². The van der Waals surface area contributed by atoms with Gasteiger partial charge in [0.15, 0.2) is 18.9 Å². The Balaban J connectivity index is 0.000000370. The highest BCUT2D eigenvalue weighted by Gasteiger charge is 2.34. The zero-order valence-corrected chi connectivity index (χ0v) is 63.9. The third kappa shape index (κ3) is 41.7. The maximum atomic E-state index is 12.6. The number of aliphatic hydroxyl groups is 1. The predicted molar refractivity (Wildman–Crippen MR) is 407 cm³/mol. The molecule has 2 amide bonds. The van der Waals surface area contributed by atoms with Crippen LogP contribution in [0.25, 0.3) is 0 Å². The number of allylic oxidation sites excluding steroid dienone is 1. The quantitative estimate of drug-likeness (QED) is 0.00657. The van der Waals surface area contributed by atoms with E-state index in [0.29, 0.717) is 70.6 Å². The van der Waals surface area contributed by atoms with Crippen molar-refractivity contribution >= 4 is 69.6 Å². The minimum Gasteiger partial charge on any atom is -0.514 e. The average Bonchev–Trinajstić information content (AvgIpc) is 0.865. The summed E-state index contributed by atoms with van der Waals surface area (Å²) in [6.07, 6.45) is 6.22. The van der Waals surface area contributed by atoms with Gasteiger partial charge in [-0.15, -0.1) is 12.4 Å². The van der Waals surface area contributed by atoms with Crippen molar-refractivity contribution in [3.8, 4) is 0 Å². The van der Waals surface area contributed by atoms with Crippen LogP contribution in [-0.4, -0.2) is 190 Å². The van der Waals surface area contributed by atoms with E-state index in [-0.39, 0.29) is 57.8 Å². The topological polar surface area (TPSA) is 403 Å². The van der Waals surface area contributed by atoms with Gasteiger partial charge in [-0.05, 0) is 118 Å². The zero-order valence-electron chi connectivity index (χ0n) is 63.1. The van der Waals surface area contributed by atoms with Crippen molar-refractivity contribution in [2.45, 2.75) is 212 Å². The van der Waals surface area contributed by atoms with E-state index in [0.717, 1.165) is 73.5 Å². The number of alkyl carbamates (subject to hydrolysis) is 2. The van der Waals surface area contributed by atoms with Crippen LogP contribution in [0.3, 0.4) is 0 Å². The summed E-state index contributed by atoms with van der Waals surface area (Å²) in [5, 5.41) is 63.2. The van der Waals surface area contributed by atoms with Crippen molar-refractivity contribution in [2.75, 3.05) is 59.3 Å². The highest BCUT2D eigenvalue weighted by molar-refractivity contribution is 6.46. The number of carboxylic acid groups (broad SMARTS) is 1. The van der Waals surface area contributed by atoms with Crippen LogP contribution in [0, 0.1) is 0 Å². The smallest absolute Gasteiger partial charge is 0.408 e. The standard InChI is InChI=1S/C20H31BN2O6.C19H28N2O6.C18H28BNO5.C17H27BN2O5.ClH/c1-15(12-24)22-11-7-6-10-18(23-21(2)26)19(25)29-17-13-27-20(28-14-17)16-8-4-3-5-9-16;1-19(2,3)27-18(25)21-15(16(22)23)11-7-8-12-20-17(24)26-13-14-9-5-4-6-10-14;1-3-4-6-11-16(20-19(2)22)17(21)25-15-12-23-18(24-13-15)14-9-7-5-8-10-14;1-18(22)20-15(9-5-6-10-19)16(21)25-14-11-23-17(24-12-14)13-7-3-2-4-8-13;/h3-5,8-9,12,17-18,20,22-24,26H,6-7,10-11,13-14H2,1-2H3;4-6,9-10,15H,7-8,11-13H2,1-3H3,(H,20,24)(H,21,25)(H,22,23);5,7-10,15-16,18,20,22H,3-4,6,11-13H2,1-2H3;2-4,7-8,14-15,17,20,22H,5-6,9-12,19H2,1H3;1H/b15-12-;;;;/t17?,18-,20?;15-;15?,16-,18?;14?,15-,17?;/m0000./s1. The van der Waals surface area contributed by atoms with Gasteiger partial charge in [0.05, 0.1) is 64.0 Å². The Bertz CT molecular complexity index is 2990. The van der Waals surface area contributed by atoms with Crippen LogP contribution in [0.1, 0.15) is 159 Å². The summed E-state index contributed by atoms with van der Waals surface area (Å²) < 4.78 is 60.6. The molecule has 3 fully saturated rings. The summed E-state index contributed by atoms with van der Waals surface area (Å²) in [5.41, 5.74) is 9.17. The molecule has 4 aromatic carbocycles. The summed E-state index contributed by atoms with van der Waals surface area (Å²) in [4.78, 5) is 71.8. The Labute approximate surface area is 637 Å². The zero-order chi connectivity index (χ0) is 77.5. The first-order valence-electron chi connectivity index (χ1n) is 36.6. The number of unbranched alkanes of at least 4 members (excludes halogenated alkanes) is 5. The highest BCUT2D eigenvalue weighted by atomic mass is 35.5. The van der Waals surface area contributed by atoms with Crippen LogP contribution >= 0.6 is 12.4 Å². The van der Waals surface area contributed by atoms with Crippen LogP contribution < -0.4 is 37.4 Å². The molecule has 13 N–H and O–H groups in total. The minimum atomic E-state index is -1.13. The van der Waals surface area contributed by atoms with Crippen molar-refractivity contribution in [1.82, 2.24) is 31.6 Å². The lowest BCUT2D eigenvalue weighted by molar-refractivity contribution is -0.230. The number of nitrogens with two attached hydrogens (primary N) is 1. The number of aliphatic carboxylic acids is 1. The Kier molecular flexibility index (Phi) is 47.6. The van der Waals surface area contributed by atoms with Gasteiger partial charge in [0, 0.05) is 35.5 Å². The second-order valence-corrected chi connectivity index (χ2v) is 26.6. The molecule has 0 bridgehead atoms. The molecule has 0 saturated carbocycles. The number of hydrogen-bond donors (Lipinski definition) is 12. The predicted octanol–water partition coefficient (Wildman–Crippen LogP) is 8.51. The fourth-order valence-corrected chi connectivity index (χ4v) is 10.5. The number of hydrogen-bond acceptors (Lipinski definition) is 26. The van der Waals surface area contributed by atoms with Crippen molar-refractivity contribution in [3.05, 3.63) is 156 Å². The Hall–Kier alpha value is -7.40. The van der Waals surface area contributed by atoms with Gasteiger partial charge in [-0.2, -0.15) is 0 Å². The maximum Gasteiger partial charge on any atom is 0.408 e. The number of carbonyl (C=O) groups is 6. The van der Waals surface area contributed by atoms with Gasteiger partial charge in [0.1, 0.15) is 36.6 Å². The number of carboxylic acids is 1. The molecule has 33 heteroatoms. The monoisotopic (exact) mass is 1520 g/mol. The molecular formula is C74H115B3ClN7O22. The molecule has 0 unspecified atom stereocenters. The molecule has 3 aliphatic rings. The number of carbonyl (C=O) groups excluding carboxylic acids is 5. The van der Waals surface area contributed by atoms with Gasteiger partial charge in [-0.3, -0.25) is 14.4 Å². The van der Waals surface area contributed by atoms with E-state index in [1.54, 1.807) is 48.2 Å². The second-order valence-electron chi connectivity index (χ2n) is 26.6. The first-order valence-corrected chi connectivity index (χ1v) is 36.6. The molecule has 3 saturated heterocycles. The largest absolute Gasteiger partial charge is 0.514 e. The molecule has 7 rings (SSSR count). The van der Waals surface area contributed by atoms with E-state index in [9.17, 15) is 48.9 Å². The van der Waals surface area contributed by atoms with Gasteiger partial charge in [0.2, 0.25) is 0 Å². The molecule has 29 nitrogen and oxygen atoms in total. The summed E-state index contributed by atoms with van der Waals surface area (Å²) in [6, 6.07) is 35.5. The van der Waals surface area contributed by atoms with Crippen LogP contribution in [0.15, 0.2) is 133 Å². The fourth-order valence-electron chi connectivity index (χ4n) is 10.5. The number of amides is 2. The van der Waals surface area contributed by atoms with Crippen molar-refractivity contribution in [1.29, 1.82) is 0 Å². The van der Waals surface area contributed by atoms with Gasteiger partial charge in [0.25, 0.3) is 0 Å². The summed E-state index contributed by atoms with van der Waals surface area (Å²) >= 11 is 0. The first kappa shape index (κ1) is 93.8. The van der Waals surface area contributed by atoms with Crippen LogP contribution in [0.5, 0.6) is 0 Å². The summed E-state index contributed by atoms with van der Waals surface area (Å²) in [6.45, 7) is 17.1. The highest BCUT2D eigenvalue weighted by Crippen LogP contribution is 2.27. The van der Waals surface area contributed by atoms with Gasteiger partial charge < -0.3 is 115 Å². The third-order valence-corrected chi connectivity index (χ3v) is 15.8. The summed E-state index contributed by atoms with van der Waals surface area (Å²) in [7, 11) is -2.39. The van der Waals surface area contributed by atoms with Crippen molar-refractivity contribution in [2.24, 2.45) is 5.73 Å². The van der Waals surface area contributed by atoms with Crippen molar-refractivity contribution < 1.29 is 106 Å². The third-order valence-electron chi connectivity index (χ3n) is 15.8. The number of halogens is 1. The lowest BCUT2D eigenvalue weighted by Crippen LogP contribution is -2.48. The second kappa shape index (κ2) is 54.2. The minimum absolute atomic E-state index is 0. The molecule has 0 radical (unpaired) electrons. The normalized spacial score (nSPS) is 18.7. The molecule has 0 aromatic heterocycles. The van der Waals surface area contributed by atoms with Crippen LogP contribution in [0.4, 0.5) is 9.59 Å². The van der Waals surface area contributed by atoms with Gasteiger partial charge >= 0.3 is 57.2 Å². The molecule has 3 heterocycles. The summed E-state index contributed by atoms with van der Waals surface area (Å²) in [5.74, 6) is -2.34. The Morgan fingerprint density at radius 1 is 0.514 bits per heavy atom. The Morgan fingerprint density at radius 2 is 0.850 bits per heavy atom. The number of rotatable bonds is 38.